The monoisotopic (exact) mass is 586 g/mol. The summed E-state index contributed by atoms with van der Waals surface area (Å²) in [7, 11) is -1.12. The summed E-state index contributed by atoms with van der Waals surface area (Å²) >= 11 is 3.51. The largest absolute Gasteiger partial charge is 0.361 e. The number of halogens is 1. The Labute approximate surface area is 232 Å². The molecule has 0 unspecified atom stereocenters. The van der Waals surface area contributed by atoms with E-state index in [4.69, 9.17) is 19.8 Å². The summed E-state index contributed by atoms with van der Waals surface area (Å²) in [5, 5.41) is 16.4. The van der Waals surface area contributed by atoms with Gasteiger partial charge in [0, 0.05) is 48.7 Å². The molecule has 194 valence electrons. The standard InChI is InChI=1S/C29H31BrN6OSi/c1-19(2)27-26-24(8-10-32-29(26)36(34-27)23-7-6-21(16-31)25(30)15-23)22-14-20-9-11-35(28(20)33-17-22)18-37-12-13-38(3,4)5/h6-11,14-15,17,19H,12-13,18H2,1-5H3. The Balaban J connectivity index is 1.54. The second-order valence-corrected chi connectivity index (χ2v) is 17.5. The zero-order valence-corrected chi connectivity index (χ0v) is 25.0. The van der Waals surface area contributed by atoms with Gasteiger partial charge in [-0.2, -0.15) is 10.4 Å². The van der Waals surface area contributed by atoms with Gasteiger partial charge in [0.25, 0.3) is 0 Å². The molecule has 0 fully saturated rings. The van der Waals surface area contributed by atoms with Crippen LogP contribution in [0.25, 0.3) is 38.9 Å². The minimum Gasteiger partial charge on any atom is -0.361 e. The second kappa shape index (κ2) is 10.4. The molecule has 5 aromatic rings. The number of rotatable bonds is 8. The van der Waals surface area contributed by atoms with Crippen molar-refractivity contribution in [1.82, 2.24) is 24.3 Å². The molecule has 0 N–H and O–H groups in total. The zero-order chi connectivity index (χ0) is 27.0. The third-order valence-electron chi connectivity index (χ3n) is 6.60. The highest BCUT2D eigenvalue weighted by Crippen LogP contribution is 2.35. The minimum absolute atomic E-state index is 0.189. The van der Waals surface area contributed by atoms with Crippen molar-refractivity contribution in [2.45, 2.75) is 52.2 Å². The summed E-state index contributed by atoms with van der Waals surface area (Å²) < 4.78 is 10.6. The maximum atomic E-state index is 9.32. The van der Waals surface area contributed by atoms with Gasteiger partial charge in [0.15, 0.2) is 5.65 Å². The van der Waals surface area contributed by atoms with Gasteiger partial charge >= 0.3 is 0 Å². The third kappa shape index (κ3) is 5.16. The predicted molar refractivity (Wildman–Crippen MR) is 158 cm³/mol. The number of ether oxygens (including phenoxy) is 1. The summed E-state index contributed by atoms with van der Waals surface area (Å²) in [4.78, 5) is 9.56. The first kappa shape index (κ1) is 26.3. The summed E-state index contributed by atoms with van der Waals surface area (Å²) in [5.41, 5.74) is 6.14. The molecule has 38 heavy (non-hydrogen) atoms. The highest BCUT2D eigenvalue weighted by Gasteiger charge is 2.21. The number of nitriles is 1. The Morgan fingerprint density at radius 3 is 2.61 bits per heavy atom. The van der Waals surface area contributed by atoms with E-state index < -0.39 is 8.07 Å². The normalized spacial score (nSPS) is 12.1. The quantitative estimate of drug-likeness (QED) is 0.139. The smallest absolute Gasteiger partial charge is 0.163 e. The molecule has 4 heterocycles. The summed E-state index contributed by atoms with van der Waals surface area (Å²) in [6.07, 6.45) is 5.79. The van der Waals surface area contributed by atoms with Crippen LogP contribution >= 0.6 is 15.9 Å². The Morgan fingerprint density at radius 2 is 1.89 bits per heavy atom. The van der Waals surface area contributed by atoms with Gasteiger partial charge in [-0.05, 0) is 69.9 Å². The van der Waals surface area contributed by atoms with Crippen molar-refractivity contribution in [2.24, 2.45) is 0 Å². The van der Waals surface area contributed by atoms with Crippen LogP contribution in [0.2, 0.25) is 25.7 Å². The highest BCUT2D eigenvalue weighted by atomic mass is 79.9. The molecule has 0 amide bonds. The lowest BCUT2D eigenvalue weighted by Crippen LogP contribution is -2.22. The second-order valence-electron chi connectivity index (χ2n) is 11.1. The molecule has 0 spiro atoms. The molecule has 0 radical (unpaired) electrons. The van der Waals surface area contributed by atoms with Crippen LogP contribution in [0.3, 0.4) is 0 Å². The van der Waals surface area contributed by atoms with E-state index in [1.54, 1.807) is 6.07 Å². The third-order valence-corrected chi connectivity index (χ3v) is 8.96. The Morgan fingerprint density at radius 1 is 1.08 bits per heavy atom. The molecular formula is C29H31BrN6OSi. The van der Waals surface area contributed by atoms with Crippen LogP contribution in [0.15, 0.2) is 59.5 Å². The fraction of sp³-hybridized carbons (Fsp3) is 0.310. The number of hydrogen-bond donors (Lipinski definition) is 0. The SMILES string of the molecule is CC(C)c1nn(-c2ccc(C#N)c(Br)c2)c2nccc(-c3cnc4c(ccn4COCC[Si](C)(C)C)c3)c12. The number of benzene rings is 1. The van der Waals surface area contributed by atoms with E-state index >= 15 is 0 Å². The number of hydrogen-bond acceptors (Lipinski definition) is 5. The summed E-state index contributed by atoms with van der Waals surface area (Å²) in [6.45, 7) is 12.6. The van der Waals surface area contributed by atoms with Crippen molar-refractivity contribution in [3.8, 4) is 22.9 Å². The number of pyridine rings is 2. The lowest BCUT2D eigenvalue weighted by atomic mass is 9.99. The van der Waals surface area contributed by atoms with Crippen molar-refractivity contribution in [3.63, 3.8) is 0 Å². The minimum atomic E-state index is -1.12. The lowest BCUT2D eigenvalue weighted by molar-refractivity contribution is 0.0899. The van der Waals surface area contributed by atoms with Crippen LogP contribution in [0.5, 0.6) is 0 Å². The van der Waals surface area contributed by atoms with Crippen molar-refractivity contribution < 1.29 is 4.74 Å². The number of nitrogens with zero attached hydrogens (tertiary/aromatic N) is 6. The lowest BCUT2D eigenvalue weighted by Gasteiger charge is -2.15. The summed E-state index contributed by atoms with van der Waals surface area (Å²) in [5.74, 6) is 0.189. The highest BCUT2D eigenvalue weighted by molar-refractivity contribution is 9.10. The van der Waals surface area contributed by atoms with Gasteiger partial charge in [-0.1, -0.05) is 33.5 Å². The van der Waals surface area contributed by atoms with Gasteiger partial charge in [-0.15, -0.1) is 0 Å². The Hall–Kier alpha value is -3.32. The Bertz CT molecular complexity index is 1670. The fourth-order valence-electron chi connectivity index (χ4n) is 4.49. The van der Waals surface area contributed by atoms with Crippen LogP contribution < -0.4 is 0 Å². The first-order chi connectivity index (χ1) is 18.2. The number of fused-ring (bicyclic) bond motifs is 2. The average Bonchev–Trinajstić information content (AvgIpc) is 3.47. The first-order valence-corrected chi connectivity index (χ1v) is 17.3. The molecule has 4 aromatic heterocycles. The van der Waals surface area contributed by atoms with Crippen LogP contribution in [0, 0.1) is 11.3 Å². The van der Waals surface area contributed by atoms with Crippen molar-refractivity contribution in [2.75, 3.05) is 6.61 Å². The van der Waals surface area contributed by atoms with E-state index in [-0.39, 0.29) is 5.92 Å². The van der Waals surface area contributed by atoms with Crippen molar-refractivity contribution in [1.29, 1.82) is 5.26 Å². The van der Waals surface area contributed by atoms with E-state index in [0.717, 1.165) is 61.7 Å². The number of aromatic nitrogens is 5. The van der Waals surface area contributed by atoms with Gasteiger partial charge in [0.2, 0.25) is 0 Å². The molecule has 0 saturated carbocycles. The van der Waals surface area contributed by atoms with Crippen LogP contribution in [0.4, 0.5) is 0 Å². The first-order valence-electron chi connectivity index (χ1n) is 12.8. The van der Waals surface area contributed by atoms with E-state index in [1.165, 1.54) is 0 Å². The predicted octanol–water partition coefficient (Wildman–Crippen LogP) is 7.51. The average molecular weight is 588 g/mol. The van der Waals surface area contributed by atoms with Crippen molar-refractivity contribution >= 4 is 46.1 Å². The summed E-state index contributed by atoms with van der Waals surface area (Å²) in [6, 6.07) is 15.2. The van der Waals surface area contributed by atoms with Crippen LogP contribution in [-0.2, 0) is 11.5 Å². The molecule has 5 rings (SSSR count). The zero-order valence-electron chi connectivity index (χ0n) is 22.4. The topological polar surface area (TPSA) is 81.5 Å². The van der Waals surface area contributed by atoms with E-state index in [0.29, 0.717) is 12.3 Å². The molecular weight excluding hydrogens is 556 g/mol. The van der Waals surface area contributed by atoms with E-state index in [1.807, 2.05) is 41.5 Å². The van der Waals surface area contributed by atoms with E-state index in [2.05, 4.69) is 72.2 Å². The van der Waals surface area contributed by atoms with Gasteiger partial charge < -0.3 is 9.30 Å². The molecule has 0 bridgehead atoms. The molecule has 0 aliphatic rings. The molecule has 0 aliphatic heterocycles. The maximum Gasteiger partial charge on any atom is 0.163 e. The maximum absolute atomic E-state index is 9.32. The van der Waals surface area contributed by atoms with Crippen LogP contribution in [0.1, 0.15) is 31.0 Å². The Kier molecular flexibility index (Phi) is 7.23. The van der Waals surface area contributed by atoms with Crippen molar-refractivity contribution in [3.05, 3.63) is 70.7 Å². The van der Waals surface area contributed by atoms with E-state index in [9.17, 15) is 5.26 Å². The fourth-order valence-corrected chi connectivity index (χ4v) is 5.70. The van der Waals surface area contributed by atoms with Gasteiger partial charge in [0.1, 0.15) is 18.4 Å². The van der Waals surface area contributed by atoms with Crippen LogP contribution in [-0.4, -0.2) is 39.0 Å². The molecule has 1 aromatic carbocycles. The molecule has 0 atom stereocenters. The van der Waals surface area contributed by atoms with Gasteiger partial charge in [0.05, 0.1) is 22.3 Å². The molecule has 0 saturated heterocycles. The molecule has 9 heteroatoms. The van der Waals surface area contributed by atoms with Gasteiger partial charge in [-0.25, -0.2) is 14.6 Å². The molecule has 7 nitrogen and oxygen atoms in total. The molecule has 0 aliphatic carbocycles. The van der Waals surface area contributed by atoms with Gasteiger partial charge in [-0.3, -0.25) is 0 Å².